The van der Waals surface area contributed by atoms with Crippen LogP contribution in [0.2, 0.25) is 0 Å². The summed E-state index contributed by atoms with van der Waals surface area (Å²) in [5, 5.41) is 10.2. The maximum atomic E-state index is 13.9. The third-order valence-corrected chi connectivity index (χ3v) is 6.86. The van der Waals surface area contributed by atoms with Gasteiger partial charge in [-0.05, 0) is 23.6 Å². The van der Waals surface area contributed by atoms with E-state index in [0.29, 0.717) is 0 Å². The molecule has 0 aliphatic carbocycles. The Morgan fingerprint density at radius 1 is 0.743 bits per heavy atom. The molecule has 5 rings (SSSR count). The fourth-order valence-corrected chi connectivity index (χ4v) is 5.10. The summed E-state index contributed by atoms with van der Waals surface area (Å²) >= 11 is 0. The lowest BCUT2D eigenvalue weighted by molar-refractivity contribution is -0.146. The van der Waals surface area contributed by atoms with Crippen LogP contribution in [0.15, 0.2) is 91.0 Å². The molecule has 0 spiro atoms. The predicted octanol–water partition coefficient (Wildman–Crippen LogP) is 3.92. The minimum Gasteiger partial charge on any atom is -0.480 e. The molecule has 3 amide bonds. The number of hydrogen-bond donors (Lipinski definition) is 1. The number of aliphatic carboxylic acids is 1. The fraction of sp³-hybridized carbons (Fsp3) is 0.250. The van der Waals surface area contributed by atoms with Gasteiger partial charge in [0.2, 0.25) is 5.91 Å². The normalized spacial score (nSPS) is 23.5. The van der Waals surface area contributed by atoms with Gasteiger partial charge < -0.3 is 19.8 Å². The van der Waals surface area contributed by atoms with Gasteiger partial charge in [-0.2, -0.15) is 0 Å². The minimum absolute atomic E-state index is 0.0730. The van der Waals surface area contributed by atoms with Gasteiger partial charge in [0.15, 0.2) is 6.04 Å². The number of rotatable bonds is 7. The number of amides is 3. The molecule has 2 aliphatic heterocycles. The number of hydrogen-bond acceptors (Lipinski definition) is 3. The molecular weight excluding hydrogens is 442 g/mol. The standard InChI is InChI=1S/C28H27N3O4/c1-19-23(22-15-9-4-10-16-22)31(19)26(32)24-25(27(33)34)30(18-21-13-7-3-8-14-21)28(35)29(24)17-20-11-5-2-6-12-20/h2-16,19,23-25H,17-18H2,1H3,(H,33,34). The van der Waals surface area contributed by atoms with Crippen molar-refractivity contribution in [2.24, 2.45) is 0 Å². The topological polar surface area (TPSA) is 80.9 Å². The van der Waals surface area contributed by atoms with Gasteiger partial charge in [0.1, 0.15) is 6.04 Å². The minimum atomic E-state index is -1.29. The number of nitrogens with zero attached hydrogens (tertiary/aromatic N) is 3. The van der Waals surface area contributed by atoms with Gasteiger partial charge in [-0.3, -0.25) is 4.79 Å². The first kappa shape index (κ1) is 22.7. The van der Waals surface area contributed by atoms with Crippen LogP contribution in [0.4, 0.5) is 4.79 Å². The molecule has 0 radical (unpaired) electrons. The molecule has 2 saturated heterocycles. The Balaban J connectivity index is 1.50. The zero-order chi connectivity index (χ0) is 24.5. The van der Waals surface area contributed by atoms with Gasteiger partial charge in [-0.1, -0.05) is 91.0 Å². The summed E-state index contributed by atoms with van der Waals surface area (Å²) in [7, 11) is 0. The molecule has 4 unspecified atom stereocenters. The number of carbonyl (C=O) groups excluding carboxylic acids is 2. The summed E-state index contributed by atoms with van der Waals surface area (Å²) in [6.07, 6.45) is 0. The molecule has 35 heavy (non-hydrogen) atoms. The van der Waals surface area contributed by atoms with E-state index in [-0.39, 0.29) is 31.1 Å². The molecule has 0 bridgehead atoms. The Morgan fingerprint density at radius 3 is 1.69 bits per heavy atom. The highest BCUT2D eigenvalue weighted by Gasteiger charge is 2.59. The van der Waals surface area contributed by atoms with Crippen LogP contribution < -0.4 is 0 Å². The van der Waals surface area contributed by atoms with Gasteiger partial charge in [0, 0.05) is 13.1 Å². The summed E-state index contributed by atoms with van der Waals surface area (Å²) in [5.41, 5.74) is 2.64. The molecule has 0 saturated carbocycles. The van der Waals surface area contributed by atoms with Crippen molar-refractivity contribution in [3.8, 4) is 0 Å². The van der Waals surface area contributed by atoms with Crippen molar-refractivity contribution < 1.29 is 19.5 Å². The van der Waals surface area contributed by atoms with Crippen LogP contribution in [0.3, 0.4) is 0 Å². The third kappa shape index (κ3) is 4.25. The third-order valence-electron chi connectivity index (χ3n) is 6.86. The van der Waals surface area contributed by atoms with Crippen LogP contribution in [-0.4, -0.2) is 55.8 Å². The fourth-order valence-electron chi connectivity index (χ4n) is 5.10. The van der Waals surface area contributed by atoms with Gasteiger partial charge >= 0.3 is 12.0 Å². The molecule has 1 N–H and O–H groups in total. The first-order valence-electron chi connectivity index (χ1n) is 11.7. The van der Waals surface area contributed by atoms with Gasteiger partial charge in [-0.25, -0.2) is 9.59 Å². The highest BCUT2D eigenvalue weighted by molar-refractivity contribution is 5.99. The second-order valence-corrected chi connectivity index (χ2v) is 9.08. The molecule has 3 aromatic carbocycles. The summed E-state index contributed by atoms with van der Waals surface area (Å²) in [5.74, 6) is -1.52. The van der Waals surface area contributed by atoms with E-state index in [1.54, 1.807) is 4.90 Å². The highest BCUT2D eigenvalue weighted by atomic mass is 16.4. The van der Waals surface area contributed by atoms with Crippen LogP contribution in [0.1, 0.15) is 29.7 Å². The van der Waals surface area contributed by atoms with Crippen molar-refractivity contribution in [2.75, 3.05) is 0 Å². The lowest BCUT2D eigenvalue weighted by Crippen LogP contribution is -2.50. The van der Waals surface area contributed by atoms with E-state index in [9.17, 15) is 19.5 Å². The number of benzene rings is 3. The molecule has 2 fully saturated rings. The van der Waals surface area contributed by atoms with Crippen molar-refractivity contribution in [1.29, 1.82) is 0 Å². The second-order valence-electron chi connectivity index (χ2n) is 9.08. The quantitative estimate of drug-likeness (QED) is 0.532. The Morgan fingerprint density at radius 2 is 1.20 bits per heavy atom. The number of urea groups is 1. The summed E-state index contributed by atoms with van der Waals surface area (Å²) < 4.78 is 0. The van der Waals surface area contributed by atoms with Crippen molar-refractivity contribution in [1.82, 2.24) is 14.7 Å². The second kappa shape index (κ2) is 9.25. The van der Waals surface area contributed by atoms with Crippen LogP contribution >= 0.6 is 0 Å². The lowest BCUT2D eigenvalue weighted by atomic mass is 10.1. The molecule has 7 nitrogen and oxygen atoms in total. The van der Waals surface area contributed by atoms with E-state index in [0.717, 1.165) is 16.7 Å². The lowest BCUT2D eigenvalue weighted by Gasteiger charge is -2.25. The van der Waals surface area contributed by atoms with Crippen LogP contribution in [0.25, 0.3) is 0 Å². The smallest absolute Gasteiger partial charge is 0.329 e. The predicted molar refractivity (Wildman–Crippen MR) is 130 cm³/mol. The van der Waals surface area contributed by atoms with Crippen LogP contribution in [0, 0.1) is 0 Å². The Hall–Kier alpha value is -4.13. The number of carbonyl (C=O) groups is 3. The zero-order valence-electron chi connectivity index (χ0n) is 19.4. The SMILES string of the molecule is CC1C(c2ccccc2)N1C(=O)C1C(C(=O)O)N(Cc2ccccc2)C(=O)N1Cc1ccccc1. The van der Waals surface area contributed by atoms with Gasteiger partial charge in [0.05, 0.1) is 12.1 Å². The molecule has 3 aromatic rings. The van der Waals surface area contributed by atoms with E-state index in [1.807, 2.05) is 97.9 Å². The molecule has 0 aromatic heterocycles. The largest absolute Gasteiger partial charge is 0.480 e. The van der Waals surface area contributed by atoms with E-state index in [4.69, 9.17) is 0 Å². The van der Waals surface area contributed by atoms with Gasteiger partial charge in [0.25, 0.3) is 0 Å². The monoisotopic (exact) mass is 469 g/mol. The maximum absolute atomic E-state index is 13.9. The number of carboxylic acid groups (broad SMARTS) is 1. The average molecular weight is 470 g/mol. The van der Waals surface area contributed by atoms with Crippen molar-refractivity contribution >= 4 is 17.9 Å². The first-order chi connectivity index (χ1) is 17.0. The van der Waals surface area contributed by atoms with Crippen LogP contribution in [0.5, 0.6) is 0 Å². The summed E-state index contributed by atoms with van der Waals surface area (Å²) in [6, 6.07) is 25.2. The maximum Gasteiger partial charge on any atom is 0.329 e. The van der Waals surface area contributed by atoms with E-state index >= 15 is 0 Å². The molecule has 7 heteroatoms. The Bertz CT molecular complexity index is 1220. The van der Waals surface area contributed by atoms with Crippen molar-refractivity contribution in [3.63, 3.8) is 0 Å². The van der Waals surface area contributed by atoms with E-state index in [1.165, 1.54) is 9.80 Å². The summed E-state index contributed by atoms with van der Waals surface area (Å²) in [6.45, 7) is 2.22. The first-order valence-corrected chi connectivity index (χ1v) is 11.7. The average Bonchev–Trinajstić information content (AvgIpc) is 3.48. The zero-order valence-corrected chi connectivity index (χ0v) is 19.4. The molecule has 2 aliphatic rings. The highest BCUT2D eigenvalue weighted by Crippen LogP contribution is 2.45. The Kier molecular flexibility index (Phi) is 5.99. The Labute approximate surface area is 204 Å². The summed E-state index contributed by atoms with van der Waals surface area (Å²) in [4.78, 5) is 44.5. The van der Waals surface area contributed by atoms with Crippen LogP contribution in [-0.2, 0) is 22.7 Å². The van der Waals surface area contributed by atoms with Crippen molar-refractivity contribution in [2.45, 2.75) is 44.2 Å². The van der Waals surface area contributed by atoms with E-state index in [2.05, 4.69) is 0 Å². The molecule has 178 valence electrons. The van der Waals surface area contributed by atoms with E-state index < -0.39 is 24.1 Å². The van der Waals surface area contributed by atoms with Gasteiger partial charge in [-0.15, -0.1) is 0 Å². The number of carboxylic acids is 1. The molecule has 2 heterocycles. The molecule has 4 atom stereocenters. The molecular formula is C28H27N3O4. The van der Waals surface area contributed by atoms with Crippen molar-refractivity contribution in [3.05, 3.63) is 108 Å².